The van der Waals surface area contributed by atoms with Crippen molar-refractivity contribution in [2.24, 2.45) is 0 Å². The Kier molecular flexibility index (Phi) is 6.49. The number of para-hydroxylation sites is 2. The lowest BCUT2D eigenvalue weighted by Gasteiger charge is -2.15. The number of ether oxygens (including phenoxy) is 2. The first-order valence-electron chi connectivity index (χ1n) is 11.7. The summed E-state index contributed by atoms with van der Waals surface area (Å²) in [4.78, 5) is 35.6. The molecule has 0 aliphatic carbocycles. The van der Waals surface area contributed by atoms with Gasteiger partial charge in [0.05, 0.1) is 42.4 Å². The van der Waals surface area contributed by atoms with Gasteiger partial charge in [0, 0.05) is 19.5 Å². The van der Waals surface area contributed by atoms with Gasteiger partial charge in [0.15, 0.2) is 11.5 Å². The molecular weight excluding hydrogens is 456 g/mol. The van der Waals surface area contributed by atoms with Gasteiger partial charge in [0.1, 0.15) is 5.82 Å². The van der Waals surface area contributed by atoms with Crippen LogP contribution in [0.1, 0.15) is 11.4 Å². The van der Waals surface area contributed by atoms with Crippen molar-refractivity contribution in [2.45, 2.75) is 25.9 Å². The summed E-state index contributed by atoms with van der Waals surface area (Å²) in [6, 6.07) is 20.3. The van der Waals surface area contributed by atoms with Crippen LogP contribution >= 0.6 is 0 Å². The van der Waals surface area contributed by atoms with Crippen molar-refractivity contribution in [3.8, 4) is 11.5 Å². The summed E-state index contributed by atoms with van der Waals surface area (Å²) in [6.45, 7) is 0.796. The van der Waals surface area contributed by atoms with Crippen LogP contribution in [0.3, 0.4) is 0 Å². The second kappa shape index (κ2) is 10.0. The average molecular weight is 483 g/mol. The van der Waals surface area contributed by atoms with E-state index >= 15 is 0 Å². The molecule has 182 valence electrons. The van der Waals surface area contributed by atoms with Crippen molar-refractivity contribution in [1.29, 1.82) is 0 Å². The van der Waals surface area contributed by atoms with E-state index in [0.717, 1.165) is 5.56 Å². The fourth-order valence-corrected chi connectivity index (χ4v) is 4.40. The Hall–Kier alpha value is -4.46. The number of hydrogen-bond donors (Lipinski definition) is 0. The van der Waals surface area contributed by atoms with Crippen LogP contribution in [0.2, 0.25) is 0 Å². The van der Waals surface area contributed by atoms with Crippen molar-refractivity contribution in [3.05, 3.63) is 105 Å². The van der Waals surface area contributed by atoms with Crippen LogP contribution in [-0.2, 0) is 25.9 Å². The fraction of sp³-hybridized carbons (Fsp3) is 0.214. The van der Waals surface area contributed by atoms with E-state index in [1.165, 1.54) is 0 Å². The number of hydrogen-bond acceptors (Lipinski definition) is 6. The number of nitrogens with zero attached hydrogens (tertiary/aromatic N) is 4. The fourth-order valence-electron chi connectivity index (χ4n) is 4.40. The van der Waals surface area contributed by atoms with Crippen LogP contribution in [-0.4, -0.2) is 33.3 Å². The lowest BCUT2D eigenvalue weighted by Crippen LogP contribution is -2.28. The third-order valence-electron chi connectivity index (χ3n) is 6.32. The minimum absolute atomic E-state index is 0.0972. The first-order valence-corrected chi connectivity index (χ1v) is 11.7. The monoisotopic (exact) mass is 482 g/mol. The zero-order chi connectivity index (χ0) is 25.1. The molecule has 2 aromatic heterocycles. The quantitative estimate of drug-likeness (QED) is 0.336. The summed E-state index contributed by atoms with van der Waals surface area (Å²) in [7, 11) is 3.20. The van der Waals surface area contributed by atoms with E-state index < -0.39 is 0 Å². The van der Waals surface area contributed by atoms with Crippen molar-refractivity contribution in [2.75, 3.05) is 14.2 Å². The Bertz CT molecular complexity index is 1670. The van der Waals surface area contributed by atoms with E-state index in [9.17, 15) is 9.59 Å². The summed E-state index contributed by atoms with van der Waals surface area (Å²) in [5.74, 6) is 1.92. The van der Waals surface area contributed by atoms with Crippen LogP contribution in [0.15, 0.2) is 82.6 Å². The summed E-state index contributed by atoms with van der Waals surface area (Å²) < 4.78 is 14.0. The normalized spacial score (nSPS) is 11.2. The van der Waals surface area contributed by atoms with Crippen molar-refractivity contribution < 1.29 is 9.47 Å². The number of methoxy groups -OCH3 is 2. The van der Waals surface area contributed by atoms with Gasteiger partial charge in [0.2, 0.25) is 0 Å². The summed E-state index contributed by atoms with van der Waals surface area (Å²) in [5, 5.41) is 1.13. The average Bonchev–Trinajstić information content (AvgIpc) is 2.92. The highest BCUT2D eigenvalue weighted by Crippen LogP contribution is 2.27. The van der Waals surface area contributed by atoms with Crippen molar-refractivity contribution >= 4 is 21.8 Å². The van der Waals surface area contributed by atoms with Crippen LogP contribution < -0.4 is 20.6 Å². The van der Waals surface area contributed by atoms with E-state index in [4.69, 9.17) is 14.5 Å². The number of fused-ring (bicyclic) bond motifs is 2. The maximum atomic E-state index is 13.4. The summed E-state index contributed by atoms with van der Waals surface area (Å²) in [5.41, 5.74) is 2.10. The number of rotatable bonds is 8. The maximum Gasteiger partial charge on any atom is 0.261 e. The highest BCUT2D eigenvalue weighted by molar-refractivity contribution is 5.77. The van der Waals surface area contributed by atoms with Crippen LogP contribution in [0.5, 0.6) is 11.5 Å². The molecule has 5 aromatic rings. The first kappa shape index (κ1) is 23.3. The van der Waals surface area contributed by atoms with Gasteiger partial charge in [-0.3, -0.25) is 18.7 Å². The molecule has 5 rings (SSSR count). The third kappa shape index (κ3) is 4.45. The zero-order valence-electron chi connectivity index (χ0n) is 20.2. The van der Waals surface area contributed by atoms with Gasteiger partial charge in [-0.25, -0.2) is 9.97 Å². The lowest BCUT2D eigenvalue weighted by atomic mass is 10.1. The molecule has 0 spiro atoms. The van der Waals surface area contributed by atoms with Gasteiger partial charge in [-0.1, -0.05) is 30.3 Å². The molecule has 3 aromatic carbocycles. The highest BCUT2D eigenvalue weighted by Gasteiger charge is 2.13. The number of aromatic nitrogens is 4. The van der Waals surface area contributed by atoms with E-state index in [0.29, 0.717) is 65.1 Å². The van der Waals surface area contributed by atoms with Crippen molar-refractivity contribution in [3.63, 3.8) is 0 Å². The molecule has 0 atom stereocenters. The largest absolute Gasteiger partial charge is 0.493 e. The topological polar surface area (TPSA) is 88.2 Å². The van der Waals surface area contributed by atoms with E-state index in [1.807, 2.05) is 54.6 Å². The molecular formula is C28H26N4O4. The first-order chi connectivity index (χ1) is 17.6. The molecule has 0 amide bonds. The number of aryl methyl sites for hydroxylation is 3. The molecule has 0 unspecified atom stereocenters. The molecule has 0 N–H and O–H groups in total. The Morgan fingerprint density at radius 2 is 1.44 bits per heavy atom. The molecule has 8 nitrogen and oxygen atoms in total. The molecule has 0 radical (unpaired) electrons. The maximum absolute atomic E-state index is 13.4. The molecule has 0 aliphatic heterocycles. The molecule has 0 fully saturated rings. The molecule has 0 saturated heterocycles. The van der Waals surface area contributed by atoms with Crippen LogP contribution in [0.25, 0.3) is 21.8 Å². The van der Waals surface area contributed by atoms with Gasteiger partial charge in [-0.05, 0) is 48.4 Å². The van der Waals surface area contributed by atoms with Gasteiger partial charge in [-0.15, -0.1) is 0 Å². The number of benzene rings is 3. The molecule has 36 heavy (non-hydrogen) atoms. The minimum atomic E-state index is -0.111. The Morgan fingerprint density at radius 3 is 2.19 bits per heavy atom. The highest BCUT2D eigenvalue weighted by atomic mass is 16.5. The molecule has 2 heterocycles. The third-order valence-corrected chi connectivity index (χ3v) is 6.32. The molecule has 8 heteroatoms. The Labute approximate surface area is 207 Å². The SMILES string of the molecule is COc1ccc(CCn2c(CCn3cnc4ccccc4c3=O)nc3ccccc3c2=O)cc1OC. The summed E-state index contributed by atoms with van der Waals surface area (Å²) in [6.07, 6.45) is 2.56. The van der Waals surface area contributed by atoms with Gasteiger partial charge >= 0.3 is 0 Å². The van der Waals surface area contributed by atoms with Gasteiger partial charge < -0.3 is 9.47 Å². The van der Waals surface area contributed by atoms with Gasteiger partial charge in [0.25, 0.3) is 11.1 Å². The lowest BCUT2D eigenvalue weighted by molar-refractivity contribution is 0.354. The smallest absolute Gasteiger partial charge is 0.261 e. The van der Waals surface area contributed by atoms with Crippen LogP contribution in [0, 0.1) is 0 Å². The van der Waals surface area contributed by atoms with Crippen LogP contribution in [0.4, 0.5) is 0 Å². The predicted molar refractivity (Wildman–Crippen MR) is 139 cm³/mol. The molecule has 0 saturated carbocycles. The molecule has 0 bridgehead atoms. The summed E-state index contributed by atoms with van der Waals surface area (Å²) >= 11 is 0. The minimum Gasteiger partial charge on any atom is -0.493 e. The predicted octanol–water partition coefficient (Wildman–Crippen LogP) is 3.61. The van der Waals surface area contributed by atoms with Crippen molar-refractivity contribution in [1.82, 2.24) is 19.1 Å². The second-order valence-electron chi connectivity index (χ2n) is 8.45. The van der Waals surface area contributed by atoms with E-state index in [1.54, 1.807) is 41.8 Å². The Balaban J connectivity index is 1.48. The zero-order valence-corrected chi connectivity index (χ0v) is 20.2. The second-order valence-corrected chi connectivity index (χ2v) is 8.45. The van der Waals surface area contributed by atoms with E-state index in [2.05, 4.69) is 4.98 Å². The molecule has 0 aliphatic rings. The van der Waals surface area contributed by atoms with E-state index in [-0.39, 0.29) is 11.1 Å². The Morgan fingerprint density at radius 1 is 0.750 bits per heavy atom. The standard InChI is InChI=1S/C28H26N4O4/c1-35-24-12-11-19(17-25(24)36-2)13-16-32-26(30-23-10-6-4-8-21(23)28(32)34)14-15-31-18-29-22-9-5-3-7-20(22)27(31)33/h3-12,17-18H,13-16H2,1-2H3. The van der Waals surface area contributed by atoms with Gasteiger partial charge in [-0.2, -0.15) is 0 Å².